The summed E-state index contributed by atoms with van der Waals surface area (Å²) >= 11 is 0. The quantitative estimate of drug-likeness (QED) is 0.185. The predicted octanol–water partition coefficient (Wildman–Crippen LogP) is 14.8. The fraction of sp³-hybridized carbons (Fsp3) is 0.0769. The third kappa shape index (κ3) is 5.36. The molecule has 0 unspecified atom stereocenters. The van der Waals surface area contributed by atoms with E-state index in [1.165, 1.54) is 32.9 Å². The Bertz CT molecular complexity index is 3450. The van der Waals surface area contributed by atoms with Gasteiger partial charge in [-0.25, -0.2) is 0 Å². The van der Waals surface area contributed by atoms with Crippen molar-refractivity contribution in [2.45, 2.75) is 26.9 Å². The fourth-order valence-electron chi connectivity index (χ4n) is 8.94. The number of alkyl halides is 3. The lowest BCUT2D eigenvalue weighted by atomic mass is 9.98. The van der Waals surface area contributed by atoms with E-state index in [2.05, 4.69) is 162 Å². The van der Waals surface area contributed by atoms with E-state index in [4.69, 9.17) is 0 Å². The van der Waals surface area contributed by atoms with E-state index in [1.54, 1.807) is 12.1 Å². The highest BCUT2D eigenvalue weighted by molar-refractivity contribution is 6.14. The topological polar surface area (TPSA) is 25.6 Å². The van der Waals surface area contributed by atoms with Crippen LogP contribution in [0.4, 0.5) is 13.2 Å². The summed E-state index contributed by atoms with van der Waals surface area (Å²) in [4.78, 5) is 3.64. The monoisotopic (exact) mass is 759 g/mol. The van der Waals surface area contributed by atoms with Crippen LogP contribution in [0.1, 0.15) is 22.3 Å². The Morgan fingerprint density at radius 1 is 0.362 bits per heavy atom. The van der Waals surface area contributed by atoms with Crippen molar-refractivity contribution in [3.05, 3.63) is 180 Å². The minimum Gasteiger partial charge on any atom is -0.355 e. The zero-order valence-corrected chi connectivity index (χ0v) is 32.0. The highest BCUT2D eigenvalue weighted by atomic mass is 19.4. The number of benzene rings is 8. The van der Waals surface area contributed by atoms with E-state index in [0.717, 1.165) is 89.2 Å². The minimum absolute atomic E-state index is 0.659. The molecule has 8 aromatic carbocycles. The van der Waals surface area contributed by atoms with Gasteiger partial charge in [0.25, 0.3) is 0 Å². The molecule has 58 heavy (non-hydrogen) atoms. The number of hydrogen-bond donors (Lipinski definition) is 1. The Morgan fingerprint density at radius 3 is 1.14 bits per heavy atom. The van der Waals surface area contributed by atoms with Crippen LogP contribution >= 0.6 is 0 Å². The van der Waals surface area contributed by atoms with Crippen LogP contribution in [0.15, 0.2) is 158 Å². The molecule has 0 spiro atoms. The van der Waals surface area contributed by atoms with Gasteiger partial charge in [-0.1, -0.05) is 65.2 Å². The van der Waals surface area contributed by atoms with E-state index >= 15 is 0 Å². The number of fused-ring (bicyclic) bond motifs is 9. The second-order valence-corrected chi connectivity index (χ2v) is 15.7. The lowest BCUT2D eigenvalue weighted by molar-refractivity contribution is -0.137. The third-order valence-corrected chi connectivity index (χ3v) is 11.9. The Hall–Kier alpha value is -7.05. The van der Waals surface area contributed by atoms with E-state index in [9.17, 15) is 13.2 Å². The average molecular weight is 760 g/mol. The number of H-pyrrole nitrogens is 1. The Morgan fingerprint density at radius 2 is 0.707 bits per heavy atom. The Kier molecular flexibility index (Phi) is 7.36. The molecule has 0 atom stereocenters. The maximum atomic E-state index is 13.4. The normalized spacial score (nSPS) is 12.3. The number of aromatic amines is 1. The summed E-state index contributed by atoms with van der Waals surface area (Å²) in [7, 11) is 0. The molecule has 3 heterocycles. The number of nitrogens with one attached hydrogen (secondary N) is 1. The summed E-state index contributed by atoms with van der Waals surface area (Å²) in [5.74, 6) is 0. The number of halogens is 3. The molecule has 11 aromatic rings. The molecule has 3 aromatic heterocycles. The fourth-order valence-corrected chi connectivity index (χ4v) is 8.94. The number of rotatable bonds is 4. The van der Waals surface area contributed by atoms with Crippen LogP contribution < -0.4 is 0 Å². The van der Waals surface area contributed by atoms with Gasteiger partial charge >= 0.3 is 6.18 Å². The maximum Gasteiger partial charge on any atom is 0.416 e. The van der Waals surface area contributed by atoms with E-state index in [-0.39, 0.29) is 0 Å². The molecule has 6 heteroatoms. The van der Waals surface area contributed by atoms with Crippen molar-refractivity contribution in [3.63, 3.8) is 0 Å². The summed E-state index contributed by atoms with van der Waals surface area (Å²) in [5.41, 5.74) is 15.6. The first-order chi connectivity index (χ1) is 28.1. The van der Waals surface area contributed by atoms with Crippen molar-refractivity contribution >= 4 is 65.4 Å². The van der Waals surface area contributed by atoms with Gasteiger partial charge in [0.15, 0.2) is 0 Å². The first kappa shape index (κ1) is 34.2. The van der Waals surface area contributed by atoms with Gasteiger partial charge in [-0.05, 0) is 152 Å². The summed E-state index contributed by atoms with van der Waals surface area (Å²) in [6.45, 7) is 6.33. The number of nitrogens with zero attached hydrogens (tertiary/aromatic N) is 2. The molecule has 11 rings (SSSR count). The Labute approximate surface area is 332 Å². The van der Waals surface area contributed by atoms with E-state index < -0.39 is 11.7 Å². The van der Waals surface area contributed by atoms with Crippen LogP contribution in [-0.4, -0.2) is 14.1 Å². The largest absolute Gasteiger partial charge is 0.416 e. The summed E-state index contributed by atoms with van der Waals surface area (Å²) < 4.78 is 44.7. The molecule has 0 bridgehead atoms. The summed E-state index contributed by atoms with van der Waals surface area (Å²) in [6, 6.07) is 53.6. The molecular formula is C52H36F3N3. The van der Waals surface area contributed by atoms with Gasteiger partial charge in [0.1, 0.15) is 0 Å². The standard InChI is InChI=1S/C52H36F3N3/c1-30-4-14-38(15-5-30)57-48-20-6-31(2)24-42(48)44-28-35(10-22-50(44)57)33-8-18-46-40(26-33)41-27-34(9-19-47(41)56-46)36-11-23-51-45(29-36)43-25-32(3)7-21-49(43)58(51)39-16-12-37(13-17-39)52(53,54)55/h4-29,56H,1-3H3. The predicted molar refractivity (Wildman–Crippen MR) is 235 cm³/mol. The van der Waals surface area contributed by atoms with Gasteiger partial charge in [-0.2, -0.15) is 13.2 Å². The average Bonchev–Trinajstić information content (AvgIpc) is 3.87. The van der Waals surface area contributed by atoms with Gasteiger partial charge in [0, 0.05) is 54.7 Å². The first-order valence-electron chi connectivity index (χ1n) is 19.5. The summed E-state index contributed by atoms with van der Waals surface area (Å²) in [5, 5.41) is 6.87. The van der Waals surface area contributed by atoms with Crippen molar-refractivity contribution in [1.29, 1.82) is 0 Å². The smallest absolute Gasteiger partial charge is 0.355 e. The van der Waals surface area contributed by atoms with Gasteiger partial charge in [0.05, 0.1) is 27.6 Å². The van der Waals surface area contributed by atoms with Crippen molar-refractivity contribution in [2.24, 2.45) is 0 Å². The molecule has 280 valence electrons. The molecule has 0 fully saturated rings. The van der Waals surface area contributed by atoms with E-state index in [1.807, 2.05) is 6.07 Å². The number of hydrogen-bond acceptors (Lipinski definition) is 0. The minimum atomic E-state index is -4.39. The molecule has 0 amide bonds. The molecule has 0 radical (unpaired) electrons. The SMILES string of the molecule is Cc1ccc(-n2c3ccc(C)cc3c3cc(-c4ccc5[nH]c6ccc(-c7ccc8c(c7)c7cc(C)ccc7n8-c7ccc(C(F)(F)F)cc7)cc6c5c4)ccc32)cc1. The van der Waals surface area contributed by atoms with Crippen molar-refractivity contribution in [3.8, 4) is 33.6 Å². The van der Waals surface area contributed by atoms with Crippen molar-refractivity contribution in [2.75, 3.05) is 0 Å². The van der Waals surface area contributed by atoms with Crippen LogP contribution in [0.25, 0.3) is 99.0 Å². The molecule has 1 N–H and O–H groups in total. The number of aromatic nitrogens is 3. The molecule has 0 aliphatic rings. The van der Waals surface area contributed by atoms with Crippen LogP contribution in [0.2, 0.25) is 0 Å². The van der Waals surface area contributed by atoms with Crippen LogP contribution in [0.3, 0.4) is 0 Å². The molecule has 0 saturated heterocycles. The summed E-state index contributed by atoms with van der Waals surface area (Å²) in [6.07, 6.45) is -4.39. The van der Waals surface area contributed by atoms with Gasteiger partial charge in [-0.3, -0.25) is 0 Å². The zero-order chi connectivity index (χ0) is 39.4. The van der Waals surface area contributed by atoms with E-state index in [0.29, 0.717) is 5.69 Å². The Balaban J connectivity index is 1.02. The lowest BCUT2D eigenvalue weighted by Gasteiger charge is -2.11. The maximum absolute atomic E-state index is 13.4. The molecule has 0 saturated carbocycles. The van der Waals surface area contributed by atoms with Crippen molar-refractivity contribution < 1.29 is 13.2 Å². The van der Waals surface area contributed by atoms with Gasteiger partial charge < -0.3 is 14.1 Å². The highest BCUT2D eigenvalue weighted by Gasteiger charge is 2.30. The molecule has 3 nitrogen and oxygen atoms in total. The van der Waals surface area contributed by atoms with Crippen LogP contribution in [0.5, 0.6) is 0 Å². The third-order valence-electron chi connectivity index (χ3n) is 11.9. The highest BCUT2D eigenvalue weighted by Crippen LogP contribution is 2.40. The second kappa shape index (κ2) is 12.5. The second-order valence-electron chi connectivity index (χ2n) is 15.7. The lowest BCUT2D eigenvalue weighted by Crippen LogP contribution is -2.05. The first-order valence-corrected chi connectivity index (χ1v) is 19.5. The van der Waals surface area contributed by atoms with Crippen LogP contribution in [-0.2, 0) is 6.18 Å². The van der Waals surface area contributed by atoms with Gasteiger partial charge in [0.2, 0.25) is 0 Å². The molecular weight excluding hydrogens is 724 g/mol. The van der Waals surface area contributed by atoms with Crippen molar-refractivity contribution in [1.82, 2.24) is 14.1 Å². The van der Waals surface area contributed by atoms with Crippen LogP contribution in [0, 0.1) is 20.8 Å². The van der Waals surface area contributed by atoms with Gasteiger partial charge in [-0.15, -0.1) is 0 Å². The number of aryl methyl sites for hydroxylation is 3. The molecule has 0 aliphatic heterocycles. The zero-order valence-electron chi connectivity index (χ0n) is 32.0. The molecule has 0 aliphatic carbocycles.